The van der Waals surface area contributed by atoms with Gasteiger partial charge in [0.05, 0.1) is 0 Å². The lowest BCUT2D eigenvalue weighted by Gasteiger charge is -2.26. The Morgan fingerprint density at radius 2 is 2.06 bits per heavy atom. The van der Waals surface area contributed by atoms with Gasteiger partial charge in [-0.05, 0) is 24.6 Å². The van der Waals surface area contributed by atoms with Crippen LogP contribution < -0.4 is 10.6 Å². The molecule has 0 aliphatic carbocycles. The summed E-state index contributed by atoms with van der Waals surface area (Å²) in [5, 5.41) is 0. The first-order chi connectivity index (χ1) is 7.89. The zero-order valence-electron chi connectivity index (χ0n) is 8.87. The van der Waals surface area contributed by atoms with Crippen LogP contribution in [0.1, 0.15) is 12.8 Å². The molecule has 92 valence electrons. The topological polar surface area (TPSA) is 46.3 Å². The summed E-state index contributed by atoms with van der Waals surface area (Å²) in [7, 11) is 0. The van der Waals surface area contributed by atoms with Crippen molar-refractivity contribution in [1.82, 2.24) is 0 Å². The standard InChI is InChI=1S/C11H11F3N2O/c12-11(13,14)9-4-5-10(17)16(9)8-3-1-2-7(15)6-8/h1-3,6,9H,4-5,15H2/t9-/m0/s1. The van der Waals surface area contributed by atoms with E-state index in [0.717, 1.165) is 4.90 Å². The number of benzene rings is 1. The summed E-state index contributed by atoms with van der Waals surface area (Å²) in [4.78, 5) is 12.3. The van der Waals surface area contributed by atoms with Gasteiger partial charge in [-0.1, -0.05) is 6.07 Å². The Kier molecular flexibility index (Phi) is 2.73. The third kappa shape index (κ3) is 2.20. The highest BCUT2D eigenvalue weighted by molar-refractivity contribution is 5.96. The van der Waals surface area contributed by atoms with Crippen molar-refractivity contribution in [2.24, 2.45) is 0 Å². The predicted molar refractivity (Wildman–Crippen MR) is 57.4 cm³/mol. The van der Waals surface area contributed by atoms with Gasteiger partial charge in [0.1, 0.15) is 6.04 Å². The number of rotatable bonds is 1. The number of nitrogen functional groups attached to an aromatic ring is 1. The van der Waals surface area contributed by atoms with E-state index in [2.05, 4.69) is 0 Å². The zero-order valence-corrected chi connectivity index (χ0v) is 8.87. The average molecular weight is 244 g/mol. The van der Waals surface area contributed by atoms with Gasteiger partial charge in [0.2, 0.25) is 5.91 Å². The Labute approximate surface area is 96.0 Å². The molecule has 2 N–H and O–H groups in total. The minimum atomic E-state index is -4.41. The minimum Gasteiger partial charge on any atom is -0.399 e. The van der Waals surface area contributed by atoms with Gasteiger partial charge in [-0.2, -0.15) is 13.2 Å². The zero-order chi connectivity index (χ0) is 12.6. The molecule has 1 amide bonds. The molecule has 0 bridgehead atoms. The molecule has 1 aliphatic heterocycles. The van der Waals surface area contributed by atoms with Crippen molar-refractivity contribution in [3.8, 4) is 0 Å². The molecule has 0 saturated carbocycles. The van der Waals surface area contributed by atoms with E-state index in [4.69, 9.17) is 5.73 Å². The number of carbonyl (C=O) groups is 1. The molecule has 1 fully saturated rings. The van der Waals surface area contributed by atoms with Crippen LogP contribution in [0, 0.1) is 0 Å². The fourth-order valence-electron chi connectivity index (χ4n) is 1.99. The van der Waals surface area contributed by atoms with E-state index in [1.165, 1.54) is 18.2 Å². The molecule has 0 spiro atoms. The summed E-state index contributed by atoms with van der Waals surface area (Å²) in [5.41, 5.74) is 6.05. The molecule has 17 heavy (non-hydrogen) atoms. The summed E-state index contributed by atoms with van der Waals surface area (Å²) in [6.07, 6.45) is -4.69. The van der Waals surface area contributed by atoms with E-state index >= 15 is 0 Å². The Balaban J connectivity index is 2.38. The molecular formula is C11H11F3N2O. The van der Waals surface area contributed by atoms with Crippen molar-refractivity contribution in [3.63, 3.8) is 0 Å². The predicted octanol–water partition coefficient (Wildman–Crippen LogP) is 2.33. The van der Waals surface area contributed by atoms with Crippen LogP contribution in [0.3, 0.4) is 0 Å². The molecule has 1 aromatic rings. The fourth-order valence-corrected chi connectivity index (χ4v) is 1.99. The van der Waals surface area contributed by atoms with Gasteiger partial charge in [0, 0.05) is 17.8 Å². The third-order valence-corrected chi connectivity index (χ3v) is 2.74. The highest BCUT2D eigenvalue weighted by atomic mass is 19.4. The van der Waals surface area contributed by atoms with Gasteiger partial charge in [-0.25, -0.2) is 0 Å². The Morgan fingerprint density at radius 3 is 2.65 bits per heavy atom. The molecule has 3 nitrogen and oxygen atoms in total. The summed E-state index contributed by atoms with van der Waals surface area (Å²) in [6.45, 7) is 0. The molecule has 6 heteroatoms. The summed E-state index contributed by atoms with van der Waals surface area (Å²) in [6, 6.07) is 4.19. The molecule has 0 unspecified atom stereocenters. The number of hydrogen-bond acceptors (Lipinski definition) is 2. The second-order valence-electron chi connectivity index (χ2n) is 3.95. The van der Waals surface area contributed by atoms with Gasteiger partial charge in [0.25, 0.3) is 0 Å². The second-order valence-corrected chi connectivity index (χ2v) is 3.95. The van der Waals surface area contributed by atoms with Crippen molar-refractivity contribution in [2.75, 3.05) is 10.6 Å². The van der Waals surface area contributed by atoms with Crippen LogP contribution in [0.25, 0.3) is 0 Å². The van der Waals surface area contributed by atoms with Crippen molar-refractivity contribution in [3.05, 3.63) is 24.3 Å². The second kappa shape index (κ2) is 3.94. The molecule has 1 aliphatic rings. The maximum absolute atomic E-state index is 12.7. The van der Waals surface area contributed by atoms with Crippen LogP contribution in [0.2, 0.25) is 0 Å². The Bertz CT molecular complexity index is 445. The lowest BCUT2D eigenvalue weighted by Crippen LogP contribution is -2.43. The minimum absolute atomic E-state index is 0.0843. The maximum Gasteiger partial charge on any atom is 0.409 e. The van der Waals surface area contributed by atoms with E-state index in [9.17, 15) is 18.0 Å². The van der Waals surface area contributed by atoms with Crippen LogP contribution in [-0.2, 0) is 4.79 Å². The number of nitrogens with zero attached hydrogens (tertiary/aromatic N) is 1. The number of alkyl halides is 3. The SMILES string of the molecule is Nc1cccc(N2C(=O)CC[C@H]2C(F)(F)F)c1. The largest absolute Gasteiger partial charge is 0.409 e. The molecule has 1 aromatic carbocycles. The maximum atomic E-state index is 12.7. The molecule has 0 radical (unpaired) electrons. The number of halogens is 3. The monoisotopic (exact) mass is 244 g/mol. The normalized spacial score (nSPS) is 21.0. The first-order valence-corrected chi connectivity index (χ1v) is 5.14. The number of nitrogens with two attached hydrogens (primary N) is 1. The van der Waals surface area contributed by atoms with Gasteiger partial charge in [-0.3, -0.25) is 4.79 Å². The van der Waals surface area contributed by atoms with Crippen molar-refractivity contribution in [1.29, 1.82) is 0 Å². The van der Waals surface area contributed by atoms with E-state index in [1.54, 1.807) is 6.07 Å². The highest BCUT2D eigenvalue weighted by Gasteiger charge is 2.49. The lowest BCUT2D eigenvalue weighted by atomic mass is 10.2. The number of carbonyl (C=O) groups excluding carboxylic acids is 1. The molecule has 2 rings (SSSR count). The van der Waals surface area contributed by atoms with Crippen molar-refractivity contribution in [2.45, 2.75) is 25.1 Å². The molecule has 0 aromatic heterocycles. The van der Waals surface area contributed by atoms with E-state index < -0.39 is 18.1 Å². The summed E-state index contributed by atoms with van der Waals surface area (Å²) < 4.78 is 38.2. The Morgan fingerprint density at radius 1 is 1.35 bits per heavy atom. The van der Waals surface area contributed by atoms with Gasteiger partial charge in [-0.15, -0.1) is 0 Å². The fraction of sp³-hybridized carbons (Fsp3) is 0.364. The molecule has 1 heterocycles. The average Bonchev–Trinajstić information content (AvgIpc) is 2.59. The van der Waals surface area contributed by atoms with Crippen molar-refractivity contribution < 1.29 is 18.0 Å². The smallest absolute Gasteiger partial charge is 0.399 e. The highest BCUT2D eigenvalue weighted by Crippen LogP contribution is 2.36. The molecular weight excluding hydrogens is 233 g/mol. The van der Waals surface area contributed by atoms with E-state index in [-0.39, 0.29) is 18.5 Å². The first kappa shape index (κ1) is 11.8. The number of anilines is 2. The van der Waals surface area contributed by atoms with Crippen LogP contribution in [0.4, 0.5) is 24.5 Å². The van der Waals surface area contributed by atoms with E-state index in [1.807, 2.05) is 0 Å². The summed E-state index contributed by atoms with van der Waals surface area (Å²) >= 11 is 0. The summed E-state index contributed by atoms with van der Waals surface area (Å²) in [5.74, 6) is -0.516. The van der Waals surface area contributed by atoms with Crippen LogP contribution >= 0.6 is 0 Å². The van der Waals surface area contributed by atoms with Gasteiger partial charge in [0.15, 0.2) is 0 Å². The third-order valence-electron chi connectivity index (χ3n) is 2.74. The first-order valence-electron chi connectivity index (χ1n) is 5.14. The van der Waals surface area contributed by atoms with Gasteiger partial charge < -0.3 is 10.6 Å². The van der Waals surface area contributed by atoms with Crippen LogP contribution in [0.15, 0.2) is 24.3 Å². The Hall–Kier alpha value is -1.72. The number of amides is 1. The lowest BCUT2D eigenvalue weighted by molar-refractivity contribution is -0.148. The van der Waals surface area contributed by atoms with Crippen LogP contribution in [-0.4, -0.2) is 18.1 Å². The van der Waals surface area contributed by atoms with Crippen LogP contribution in [0.5, 0.6) is 0 Å². The van der Waals surface area contributed by atoms with Crippen molar-refractivity contribution >= 4 is 17.3 Å². The van der Waals surface area contributed by atoms with E-state index in [0.29, 0.717) is 5.69 Å². The molecule has 1 atom stereocenters. The quantitative estimate of drug-likeness (QED) is 0.770. The van der Waals surface area contributed by atoms with Gasteiger partial charge >= 0.3 is 6.18 Å². The number of hydrogen-bond donors (Lipinski definition) is 1. The molecule has 1 saturated heterocycles.